The molecule has 6 atom stereocenters. The number of rotatable bonds is 4. The van der Waals surface area contributed by atoms with Crippen molar-refractivity contribution in [1.82, 2.24) is 0 Å². The molecule has 7 nitrogen and oxygen atoms in total. The van der Waals surface area contributed by atoms with Crippen LogP contribution in [0.4, 0.5) is 0 Å². The van der Waals surface area contributed by atoms with Gasteiger partial charge in [0.05, 0.1) is 11.8 Å². The lowest BCUT2D eigenvalue weighted by Gasteiger charge is -2.31. The van der Waals surface area contributed by atoms with Crippen LogP contribution in [0.2, 0.25) is 0 Å². The summed E-state index contributed by atoms with van der Waals surface area (Å²) in [5, 5.41) is 18.5. The van der Waals surface area contributed by atoms with Crippen LogP contribution in [0.1, 0.15) is 19.3 Å². The SMILES string of the molecule is O=C1COC(=O)C1CC1CC2CC1C(C(=O)O)C2C(=O)O. The van der Waals surface area contributed by atoms with Gasteiger partial charge in [-0.1, -0.05) is 0 Å². The molecule has 1 heterocycles. The van der Waals surface area contributed by atoms with Crippen molar-refractivity contribution in [3.8, 4) is 0 Å². The zero-order valence-electron chi connectivity index (χ0n) is 11.2. The fourth-order valence-electron chi connectivity index (χ4n) is 4.46. The number of carbonyl (C=O) groups is 4. The molecule has 0 aromatic rings. The van der Waals surface area contributed by atoms with Crippen LogP contribution in [0.3, 0.4) is 0 Å². The zero-order chi connectivity index (χ0) is 15.3. The first kappa shape index (κ1) is 14.0. The smallest absolute Gasteiger partial charge is 0.317 e. The van der Waals surface area contributed by atoms with E-state index in [0.29, 0.717) is 12.8 Å². The summed E-state index contributed by atoms with van der Waals surface area (Å²) in [5.41, 5.74) is 0. The molecule has 2 saturated carbocycles. The number of carbonyl (C=O) groups excluding carboxylic acids is 2. The summed E-state index contributed by atoms with van der Waals surface area (Å²) in [4.78, 5) is 45.8. The van der Waals surface area contributed by atoms with Gasteiger partial charge in [0.1, 0.15) is 5.92 Å². The van der Waals surface area contributed by atoms with E-state index in [1.54, 1.807) is 0 Å². The predicted molar refractivity (Wildman–Crippen MR) is 66.0 cm³/mol. The van der Waals surface area contributed by atoms with Crippen LogP contribution >= 0.6 is 0 Å². The third-order valence-electron chi connectivity index (χ3n) is 5.28. The Labute approximate surface area is 120 Å². The average molecular weight is 296 g/mol. The number of esters is 1. The third-order valence-corrected chi connectivity index (χ3v) is 5.28. The Balaban J connectivity index is 1.76. The molecule has 0 radical (unpaired) electrons. The Kier molecular flexibility index (Phi) is 3.22. The van der Waals surface area contributed by atoms with Crippen molar-refractivity contribution in [3.63, 3.8) is 0 Å². The van der Waals surface area contributed by atoms with E-state index in [2.05, 4.69) is 0 Å². The van der Waals surface area contributed by atoms with Crippen LogP contribution < -0.4 is 0 Å². The number of aliphatic carboxylic acids is 2. The number of Topliss-reactive ketones (excluding diaryl/α,β-unsaturated/α-hetero) is 1. The standard InChI is InChI=1S/C14H16O7/c15-9-4-21-14(20)8(9)2-5-1-6-3-7(5)11(13(18)19)10(6)12(16)17/h5-8,10-11H,1-4H2,(H,16,17)(H,18,19). The Morgan fingerprint density at radius 1 is 1.10 bits per heavy atom. The highest BCUT2D eigenvalue weighted by Crippen LogP contribution is 2.57. The van der Waals surface area contributed by atoms with E-state index < -0.39 is 35.7 Å². The molecule has 0 aromatic heterocycles. The van der Waals surface area contributed by atoms with Crippen molar-refractivity contribution < 1.29 is 34.1 Å². The van der Waals surface area contributed by atoms with Crippen LogP contribution in [-0.2, 0) is 23.9 Å². The molecule has 7 heteroatoms. The lowest BCUT2D eigenvalue weighted by atomic mass is 9.71. The average Bonchev–Trinajstić information content (AvgIpc) is 3.06. The number of hydrogen-bond donors (Lipinski definition) is 2. The third kappa shape index (κ3) is 2.11. The van der Waals surface area contributed by atoms with E-state index in [1.807, 2.05) is 0 Å². The topological polar surface area (TPSA) is 118 Å². The van der Waals surface area contributed by atoms with Crippen LogP contribution in [0.15, 0.2) is 0 Å². The number of ketones is 1. The van der Waals surface area contributed by atoms with Crippen molar-refractivity contribution in [1.29, 1.82) is 0 Å². The molecular weight excluding hydrogens is 280 g/mol. The Morgan fingerprint density at radius 2 is 1.76 bits per heavy atom. The van der Waals surface area contributed by atoms with Crippen molar-refractivity contribution in [3.05, 3.63) is 0 Å². The summed E-state index contributed by atoms with van der Waals surface area (Å²) in [5.74, 6) is -6.06. The lowest BCUT2D eigenvalue weighted by molar-refractivity contribution is -0.157. The van der Waals surface area contributed by atoms with E-state index in [-0.39, 0.29) is 36.6 Å². The second-order valence-corrected chi connectivity index (χ2v) is 6.25. The molecule has 6 unspecified atom stereocenters. The normalized spacial score (nSPS) is 41.3. The highest BCUT2D eigenvalue weighted by molar-refractivity contribution is 6.04. The first-order valence-electron chi connectivity index (χ1n) is 7.05. The molecule has 3 fully saturated rings. The minimum absolute atomic E-state index is 0.0914. The quantitative estimate of drug-likeness (QED) is 0.561. The highest BCUT2D eigenvalue weighted by atomic mass is 16.5. The second kappa shape index (κ2) is 4.82. The van der Waals surface area contributed by atoms with Gasteiger partial charge in [0, 0.05) is 0 Å². The van der Waals surface area contributed by atoms with E-state index in [9.17, 15) is 29.4 Å². The summed E-state index contributed by atoms with van der Waals surface area (Å²) in [6.45, 7) is -0.204. The summed E-state index contributed by atoms with van der Waals surface area (Å²) < 4.78 is 4.70. The fourth-order valence-corrected chi connectivity index (χ4v) is 4.46. The Morgan fingerprint density at radius 3 is 2.29 bits per heavy atom. The zero-order valence-corrected chi connectivity index (χ0v) is 11.2. The summed E-state index contributed by atoms with van der Waals surface area (Å²) in [6, 6.07) is 0. The van der Waals surface area contributed by atoms with Gasteiger partial charge in [0.25, 0.3) is 0 Å². The number of carboxylic acid groups (broad SMARTS) is 2. The van der Waals surface area contributed by atoms with Crippen LogP contribution in [0.5, 0.6) is 0 Å². The lowest BCUT2D eigenvalue weighted by Crippen LogP contribution is -2.39. The largest absolute Gasteiger partial charge is 0.481 e. The van der Waals surface area contributed by atoms with Gasteiger partial charge < -0.3 is 14.9 Å². The second-order valence-electron chi connectivity index (χ2n) is 6.25. The Hall–Kier alpha value is -1.92. The summed E-state index contributed by atoms with van der Waals surface area (Å²) >= 11 is 0. The molecule has 3 rings (SSSR count). The highest BCUT2D eigenvalue weighted by Gasteiger charge is 2.59. The number of cyclic esters (lactones) is 1. The molecule has 1 saturated heterocycles. The molecule has 0 amide bonds. The summed E-state index contributed by atoms with van der Waals surface area (Å²) in [7, 11) is 0. The maximum absolute atomic E-state index is 11.6. The van der Waals surface area contributed by atoms with Crippen LogP contribution in [0, 0.1) is 35.5 Å². The summed E-state index contributed by atoms with van der Waals surface area (Å²) in [6.07, 6.45) is 1.41. The minimum atomic E-state index is -1.10. The first-order valence-corrected chi connectivity index (χ1v) is 7.05. The van der Waals surface area contributed by atoms with E-state index in [0.717, 1.165) is 0 Å². The number of ether oxygens (including phenoxy) is 1. The molecule has 0 aromatic carbocycles. The minimum Gasteiger partial charge on any atom is -0.481 e. The molecule has 2 aliphatic carbocycles. The maximum Gasteiger partial charge on any atom is 0.317 e. The van der Waals surface area contributed by atoms with Gasteiger partial charge in [-0.25, -0.2) is 0 Å². The predicted octanol–water partition coefficient (Wildman–Crippen LogP) is 0.176. The van der Waals surface area contributed by atoms with Gasteiger partial charge in [-0.05, 0) is 37.0 Å². The van der Waals surface area contributed by atoms with Crippen molar-refractivity contribution in [2.75, 3.05) is 6.61 Å². The molecule has 2 bridgehead atoms. The van der Waals surface area contributed by atoms with Gasteiger partial charge >= 0.3 is 17.9 Å². The van der Waals surface area contributed by atoms with E-state index in [4.69, 9.17) is 4.74 Å². The molecule has 114 valence electrons. The molecule has 2 N–H and O–H groups in total. The van der Waals surface area contributed by atoms with Gasteiger partial charge in [-0.2, -0.15) is 0 Å². The monoisotopic (exact) mass is 296 g/mol. The number of fused-ring (bicyclic) bond motifs is 2. The maximum atomic E-state index is 11.6. The molecule has 3 aliphatic rings. The fraction of sp³-hybridized carbons (Fsp3) is 0.714. The van der Waals surface area contributed by atoms with Gasteiger partial charge in [-0.15, -0.1) is 0 Å². The first-order chi connectivity index (χ1) is 9.90. The molecule has 0 spiro atoms. The number of carboxylic acids is 2. The van der Waals surface area contributed by atoms with Crippen molar-refractivity contribution in [2.45, 2.75) is 19.3 Å². The van der Waals surface area contributed by atoms with Crippen molar-refractivity contribution in [2.24, 2.45) is 35.5 Å². The van der Waals surface area contributed by atoms with E-state index >= 15 is 0 Å². The van der Waals surface area contributed by atoms with Gasteiger partial charge in [0.2, 0.25) is 0 Å². The molecular formula is C14H16O7. The Bertz CT molecular complexity index is 509. The van der Waals surface area contributed by atoms with Crippen LogP contribution in [0.25, 0.3) is 0 Å². The van der Waals surface area contributed by atoms with Crippen molar-refractivity contribution >= 4 is 23.7 Å². The van der Waals surface area contributed by atoms with Gasteiger partial charge in [-0.3, -0.25) is 19.2 Å². The molecule has 1 aliphatic heterocycles. The van der Waals surface area contributed by atoms with E-state index in [1.165, 1.54) is 0 Å². The van der Waals surface area contributed by atoms with Gasteiger partial charge in [0.15, 0.2) is 12.4 Å². The van der Waals surface area contributed by atoms with Crippen LogP contribution in [-0.4, -0.2) is 40.5 Å². The number of hydrogen-bond acceptors (Lipinski definition) is 5. The molecule has 21 heavy (non-hydrogen) atoms.